The molecule has 1 aromatic rings. The van der Waals surface area contributed by atoms with Crippen molar-refractivity contribution in [1.29, 1.82) is 0 Å². The van der Waals surface area contributed by atoms with Crippen molar-refractivity contribution in [2.45, 2.75) is 27.2 Å². The zero-order valence-electron chi connectivity index (χ0n) is 12.2. The van der Waals surface area contributed by atoms with Crippen molar-refractivity contribution < 1.29 is 14.7 Å². The molecule has 1 N–H and O–H groups in total. The molecule has 1 fully saturated rings. The number of aliphatic carboxylic acids is 1. The van der Waals surface area contributed by atoms with Crippen LogP contribution in [-0.2, 0) is 4.79 Å². The number of likely N-dealkylation sites (tertiary alicyclic amines) is 1. The van der Waals surface area contributed by atoms with Gasteiger partial charge in [0.2, 0.25) is 0 Å². The molecule has 20 heavy (non-hydrogen) atoms. The second-order valence-electron chi connectivity index (χ2n) is 5.96. The largest absolute Gasteiger partial charge is 0.481 e. The second-order valence-corrected chi connectivity index (χ2v) is 5.96. The maximum Gasteiger partial charge on any atom is 0.311 e. The molecular formula is C16H21NO3. The van der Waals surface area contributed by atoms with Crippen LogP contribution in [0.5, 0.6) is 0 Å². The van der Waals surface area contributed by atoms with Crippen molar-refractivity contribution in [2.24, 2.45) is 11.3 Å². The normalized spacial score (nSPS) is 22.3. The molecule has 1 amide bonds. The van der Waals surface area contributed by atoms with Gasteiger partial charge in [-0.3, -0.25) is 9.59 Å². The molecule has 1 saturated heterocycles. The second kappa shape index (κ2) is 5.27. The van der Waals surface area contributed by atoms with Gasteiger partial charge in [0, 0.05) is 18.7 Å². The van der Waals surface area contributed by atoms with Crippen LogP contribution in [0.4, 0.5) is 0 Å². The Hall–Kier alpha value is -1.84. The van der Waals surface area contributed by atoms with Crippen LogP contribution >= 0.6 is 0 Å². The third-order valence-corrected chi connectivity index (χ3v) is 4.38. The number of amides is 1. The molecule has 108 valence electrons. The highest BCUT2D eigenvalue weighted by atomic mass is 16.4. The minimum Gasteiger partial charge on any atom is -0.481 e. The topological polar surface area (TPSA) is 57.6 Å². The molecule has 4 heteroatoms. The first-order chi connectivity index (χ1) is 9.36. The number of carbonyl (C=O) groups is 2. The summed E-state index contributed by atoms with van der Waals surface area (Å²) >= 11 is 0. The number of hydrogen-bond acceptors (Lipinski definition) is 2. The third-order valence-electron chi connectivity index (χ3n) is 4.38. The highest BCUT2D eigenvalue weighted by Crippen LogP contribution is 2.38. The molecule has 1 atom stereocenters. The number of nitrogens with zero attached hydrogens (tertiary/aromatic N) is 1. The zero-order valence-corrected chi connectivity index (χ0v) is 12.2. The average Bonchev–Trinajstić information content (AvgIpc) is 2.84. The van der Waals surface area contributed by atoms with E-state index in [0.717, 1.165) is 5.56 Å². The van der Waals surface area contributed by atoms with E-state index in [2.05, 4.69) is 0 Å². The summed E-state index contributed by atoms with van der Waals surface area (Å²) in [4.78, 5) is 25.7. The highest BCUT2D eigenvalue weighted by molar-refractivity contribution is 5.95. The van der Waals surface area contributed by atoms with Crippen LogP contribution in [0.15, 0.2) is 24.3 Å². The molecule has 0 aliphatic carbocycles. The van der Waals surface area contributed by atoms with E-state index >= 15 is 0 Å². The lowest BCUT2D eigenvalue weighted by Crippen LogP contribution is -2.40. The molecule has 4 nitrogen and oxygen atoms in total. The van der Waals surface area contributed by atoms with E-state index in [1.807, 2.05) is 39.0 Å². The fourth-order valence-electron chi connectivity index (χ4n) is 2.86. The Kier molecular flexibility index (Phi) is 3.84. The summed E-state index contributed by atoms with van der Waals surface area (Å²) in [7, 11) is 0. The third kappa shape index (κ3) is 2.42. The Morgan fingerprint density at radius 2 is 2.05 bits per heavy atom. The van der Waals surface area contributed by atoms with Crippen molar-refractivity contribution >= 4 is 11.9 Å². The summed E-state index contributed by atoms with van der Waals surface area (Å²) in [6.07, 6.45) is 0.525. The van der Waals surface area contributed by atoms with E-state index in [1.54, 1.807) is 11.0 Å². The molecule has 1 heterocycles. The Morgan fingerprint density at radius 3 is 2.55 bits per heavy atom. The Labute approximate surface area is 119 Å². The van der Waals surface area contributed by atoms with E-state index in [-0.39, 0.29) is 11.8 Å². The molecule has 1 aliphatic rings. The molecule has 0 bridgehead atoms. The number of hydrogen-bond donors (Lipinski definition) is 1. The number of carboxylic acids is 1. The summed E-state index contributed by atoms with van der Waals surface area (Å²) in [6, 6.07) is 7.42. The van der Waals surface area contributed by atoms with Gasteiger partial charge in [-0.2, -0.15) is 0 Å². The van der Waals surface area contributed by atoms with Crippen LogP contribution < -0.4 is 0 Å². The lowest BCUT2D eigenvalue weighted by molar-refractivity contribution is -0.150. The standard InChI is InChI=1S/C16H21NO3/c1-11(2)16(15(19)20)7-8-17(10-16)14(18)13-6-4-5-12(3)9-13/h4-6,9,11H,7-8,10H2,1-3H3,(H,19,20). The molecule has 0 saturated carbocycles. The van der Waals surface area contributed by atoms with Gasteiger partial charge in [0.25, 0.3) is 5.91 Å². The van der Waals surface area contributed by atoms with E-state index in [0.29, 0.717) is 25.1 Å². The minimum atomic E-state index is -0.806. The van der Waals surface area contributed by atoms with Gasteiger partial charge in [0.1, 0.15) is 0 Å². The molecule has 0 spiro atoms. The first-order valence-corrected chi connectivity index (χ1v) is 6.96. The fraction of sp³-hybridized carbons (Fsp3) is 0.500. The number of aryl methyl sites for hydroxylation is 1. The smallest absolute Gasteiger partial charge is 0.311 e. The van der Waals surface area contributed by atoms with Gasteiger partial charge in [-0.25, -0.2) is 0 Å². The summed E-state index contributed by atoms with van der Waals surface area (Å²) in [5.41, 5.74) is 0.859. The highest BCUT2D eigenvalue weighted by Gasteiger charge is 2.48. The maximum absolute atomic E-state index is 12.5. The van der Waals surface area contributed by atoms with E-state index in [4.69, 9.17) is 0 Å². The SMILES string of the molecule is Cc1cccc(C(=O)N2CCC(C(=O)O)(C(C)C)C2)c1. The number of carboxylic acid groups (broad SMARTS) is 1. The van der Waals surface area contributed by atoms with E-state index in [9.17, 15) is 14.7 Å². The van der Waals surface area contributed by atoms with Crippen molar-refractivity contribution in [1.82, 2.24) is 4.90 Å². The van der Waals surface area contributed by atoms with Gasteiger partial charge in [0.05, 0.1) is 5.41 Å². The summed E-state index contributed by atoms with van der Waals surface area (Å²) < 4.78 is 0. The van der Waals surface area contributed by atoms with Gasteiger partial charge >= 0.3 is 5.97 Å². The molecule has 1 aromatic carbocycles. The van der Waals surface area contributed by atoms with Crippen molar-refractivity contribution in [2.75, 3.05) is 13.1 Å². The Bertz CT molecular complexity index is 538. The molecule has 1 aliphatic heterocycles. The summed E-state index contributed by atoms with van der Waals surface area (Å²) in [5.74, 6) is -0.861. The minimum absolute atomic E-state index is 0.00955. The predicted molar refractivity (Wildman–Crippen MR) is 76.6 cm³/mol. The summed E-state index contributed by atoms with van der Waals surface area (Å²) in [6.45, 7) is 6.57. The lowest BCUT2D eigenvalue weighted by Gasteiger charge is -2.28. The van der Waals surface area contributed by atoms with Gasteiger partial charge in [0.15, 0.2) is 0 Å². The van der Waals surface area contributed by atoms with Crippen molar-refractivity contribution in [3.05, 3.63) is 35.4 Å². The molecule has 0 aromatic heterocycles. The number of carbonyl (C=O) groups excluding carboxylic acids is 1. The van der Waals surface area contributed by atoms with Gasteiger partial charge < -0.3 is 10.0 Å². The van der Waals surface area contributed by atoms with Gasteiger partial charge in [-0.15, -0.1) is 0 Å². The first kappa shape index (κ1) is 14.6. The Balaban J connectivity index is 2.21. The monoisotopic (exact) mass is 275 g/mol. The maximum atomic E-state index is 12.5. The lowest BCUT2D eigenvalue weighted by atomic mass is 9.76. The van der Waals surface area contributed by atoms with Crippen LogP contribution in [0.3, 0.4) is 0 Å². The van der Waals surface area contributed by atoms with Crippen LogP contribution in [0, 0.1) is 18.3 Å². The van der Waals surface area contributed by atoms with Crippen molar-refractivity contribution in [3.63, 3.8) is 0 Å². The zero-order chi connectivity index (χ0) is 14.9. The summed E-state index contributed by atoms with van der Waals surface area (Å²) in [5, 5.41) is 9.51. The Morgan fingerprint density at radius 1 is 1.35 bits per heavy atom. The fourth-order valence-corrected chi connectivity index (χ4v) is 2.86. The van der Waals surface area contributed by atoms with Gasteiger partial charge in [-0.05, 0) is 31.4 Å². The van der Waals surface area contributed by atoms with Crippen LogP contribution in [0.25, 0.3) is 0 Å². The molecular weight excluding hydrogens is 254 g/mol. The average molecular weight is 275 g/mol. The number of rotatable bonds is 3. The van der Waals surface area contributed by atoms with Crippen LogP contribution in [0.1, 0.15) is 36.2 Å². The van der Waals surface area contributed by atoms with Crippen LogP contribution in [0.2, 0.25) is 0 Å². The number of benzene rings is 1. The van der Waals surface area contributed by atoms with Crippen LogP contribution in [-0.4, -0.2) is 35.0 Å². The molecule has 1 unspecified atom stereocenters. The molecule has 2 rings (SSSR count). The predicted octanol–water partition coefficient (Wildman–Crippen LogP) is 2.57. The van der Waals surface area contributed by atoms with Gasteiger partial charge in [-0.1, -0.05) is 31.5 Å². The van der Waals surface area contributed by atoms with E-state index < -0.39 is 11.4 Å². The van der Waals surface area contributed by atoms with E-state index in [1.165, 1.54) is 0 Å². The van der Waals surface area contributed by atoms with Crippen molar-refractivity contribution in [3.8, 4) is 0 Å². The quantitative estimate of drug-likeness (QED) is 0.922. The first-order valence-electron chi connectivity index (χ1n) is 6.96. The molecule has 0 radical (unpaired) electrons.